The van der Waals surface area contributed by atoms with Gasteiger partial charge < -0.3 is 25.0 Å². The Bertz CT molecular complexity index is 728. The summed E-state index contributed by atoms with van der Waals surface area (Å²) in [6.07, 6.45) is 4.49. The van der Waals surface area contributed by atoms with Crippen LogP contribution in [0.2, 0.25) is 0 Å². The largest absolute Gasteiger partial charge is 0.444 e. The van der Waals surface area contributed by atoms with E-state index in [1.165, 1.54) is 16.9 Å². The lowest BCUT2D eigenvalue weighted by molar-refractivity contribution is -0.00522. The van der Waals surface area contributed by atoms with Crippen LogP contribution >= 0.6 is 0 Å². The van der Waals surface area contributed by atoms with Gasteiger partial charge in [-0.15, -0.1) is 0 Å². The zero-order valence-electron chi connectivity index (χ0n) is 20.2. The van der Waals surface area contributed by atoms with Crippen LogP contribution in [0.3, 0.4) is 0 Å². The molecule has 2 N–H and O–H groups in total. The fourth-order valence-corrected chi connectivity index (χ4v) is 4.67. The first-order valence-corrected chi connectivity index (χ1v) is 11.8. The normalized spacial score (nSPS) is 27.0. The van der Waals surface area contributed by atoms with Crippen LogP contribution in [-0.2, 0) is 9.47 Å². The summed E-state index contributed by atoms with van der Waals surface area (Å²) < 4.78 is 11.2. The van der Waals surface area contributed by atoms with Crippen molar-refractivity contribution in [1.82, 2.24) is 5.32 Å². The highest BCUT2D eigenvalue weighted by atomic mass is 16.6. The summed E-state index contributed by atoms with van der Waals surface area (Å²) in [4.78, 5) is 14.4. The van der Waals surface area contributed by atoms with Crippen LogP contribution in [0, 0.1) is 12.8 Å². The maximum Gasteiger partial charge on any atom is 0.407 e. The van der Waals surface area contributed by atoms with E-state index in [2.05, 4.69) is 54.5 Å². The van der Waals surface area contributed by atoms with Gasteiger partial charge in [-0.2, -0.15) is 0 Å². The lowest BCUT2D eigenvalue weighted by atomic mass is 9.86. The molecule has 0 spiro atoms. The third-order valence-corrected chi connectivity index (χ3v) is 6.14. The number of rotatable bonds is 5. The molecule has 3 rings (SSSR count). The summed E-state index contributed by atoms with van der Waals surface area (Å²) in [6, 6.07) is 6.95. The van der Waals surface area contributed by atoms with Gasteiger partial charge >= 0.3 is 6.09 Å². The summed E-state index contributed by atoms with van der Waals surface area (Å²) in [5.74, 6) is 0.636. The Balaban J connectivity index is 1.44. The third kappa shape index (κ3) is 7.30. The molecule has 0 radical (unpaired) electrons. The van der Waals surface area contributed by atoms with Gasteiger partial charge in [0.1, 0.15) is 5.60 Å². The number of aryl methyl sites for hydroxylation is 1. The Morgan fingerprint density at radius 3 is 2.35 bits per heavy atom. The molecule has 0 bridgehead atoms. The Morgan fingerprint density at radius 2 is 1.77 bits per heavy atom. The summed E-state index contributed by atoms with van der Waals surface area (Å²) in [5, 5.41) is 6.69. The highest BCUT2D eigenvalue weighted by Gasteiger charge is 2.25. The Morgan fingerprint density at radius 1 is 1.13 bits per heavy atom. The molecule has 1 saturated carbocycles. The number of nitrogens with one attached hydrogen (secondary N) is 2. The van der Waals surface area contributed by atoms with Crippen molar-refractivity contribution in [2.45, 2.75) is 91.1 Å². The molecule has 2 aliphatic rings. The molecular formula is C25H41N3O3. The van der Waals surface area contributed by atoms with Crippen LogP contribution in [0.25, 0.3) is 0 Å². The van der Waals surface area contributed by atoms with E-state index in [0.717, 1.165) is 45.3 Å². The molecule has 1 aromatic rings. The molecular weight excluding hydrogens is 390 g/mol. The minimum atomic E-state index is -0.448. The number of anilines is 2. The molecule has 1 aromatic carbocycles. The van der Waals surface area contributed by atoms with Crippen molar-refractivity contribution in [3.63, 3.8) is 0 Å². The van der Waals surface area contributed by atoms with E-state index in [1.807, 2.05) is 20.8 Å². The second-order valence-corrected chi connectivity index (χ2v) is 10.4. The van der Waals surface area contributed by atoms with Crippen molar-refractivity contribution in [2.75, 3.05) is 29.9 Å². The van der Waals surface area contributed by atoms with Crippen molar-refractivity contribution in [3.8, 4) is 0 Å². The summed E-state index contributed by atoms with van der Waals surface area (Å²) in [7, 11) is 0. The lowest BCUT2D eigenvalue weighted by Crippen LogP contribution is -2.45. The Labute approximate surface area is 188 Å². The molecule has 1 amide bonds. The van der Waals surface area contributed by atoms with E-state index in [4.69, 9.17) is 9.47 Å². The van der Waals surface area contributed by atoms with Gasteiger partial charge in [0.05, 0.1) is 12.2 Å². The van der Waals surface area contributed by atoms with E-state index in [1.54, 1.807) is 0 Å². The van der Waals surface area contributed by atoms with Gasteiger partial charge in [-0.1, -0.05) is 0 Å². The second kappa shape index (κ2) is 10.1. The second-order valence-electron chi connectivity index (χ2n) is 10.4. The number of carbonyl (C=O) groups is 1. The van der Waals surface area contributed by atoms with Crippen LogP contribution in [0.4, 0.5) is 16.2 Å². The van der Waals surface area contributed by atoms with Crippen molar-refractivity contribution in [1.29, 1.82) is 0 Å². The number of benzene rings is 1. The van der Waals surface area contributed by atoms with Gasteiger partial charge in [0.2, 0.25) is 0 Å². The monoisotopic (exact) mass is 431 g/mol. The maximum absolute atomic E-state index is 12.0. The molecule has 1 aliphatic carbocycles. The summed E-state index contributed by atoms with van der Waals surface area (Å²) in [6.45, 7) is 15.0. The molecule has 174 valence electrons. The molecule has 1 heterocycles. The van der Waals surface area contributed by atoms with Crippen LogP contribution in [-0.4, -0.2) is 49.6 Å². The molecule has 2 atom stereocenters. The van der Waals surface area contributed by atoms with Crippen molar-refractivity contribution in [2.24, 2.45) is 5.92 Å². The first-order valence-electron chi connectivity index (χ1n) is 11.8. The van der Waals surface area contributed by atoms with Gasteiger partial charge in [0, 0.05) is 37.1 Å². The SMILES string of the molecule is Cc1cc(N2CC(C)OC(C)C2)ccc1NCC1CCC(NC(=O)OC(C)(C)C)CC1. The molecule has 1 saturated heterocycles. The average Bonchev–Trinajstić information content (AvgIpc) is 2.66. The molecule has 2 fully saturated rings. The van der Waals surface area contributed by atoms with Gasteiger partial charge in [0.25, 0.3) is 0 Å². The molecule has 6 heteroatoms. The number of hydrogen-bond donors (Lipinski definition) is 2. The van der Waals surface area contributed by atoms with E-state index >= 15 is 0 Å². The third-order valence-electron chi connectivity index (χ3n) is 6.14. The maximum atomic E-state index is 12.0. The van der Waals surface area contributed by atoms with Crippen LogP contribution < -0.4 is 15.5 Å². The van der Waals surface area contributed by atoms with E-state index in [0.29, 0.717) is 5.92 Å². The van der Waals surface area contributed by atoms with Crippen molar-refractivity contribution >= 4 is 17.5 Å². The van der Waals surface area contributed by atoms with Crippen LogP contribution in [0.5, 0.6) is 0 Å². The average molecular weight is 432 g/mol. The highest BCUT2D eigenvalue weighted by molar-refractivity contribution is 5.68. The first kappa shape index (κ1) is 23.7. The number of ether oxygens (including phenoxy) is 2. The zero-order chi connectivity index (χ0) is 22.6. The van der Waals surface area contributed by atoms with E-state index in [9.17, 15) is 4.79 Å². The summed E-state index contributed by atoms with van der Waals surface area (Å²) >= 11 is 0. The first-order chi connectivity index (χ1) is 14.6. The van der Waals surface area contributed by atoms with Crippen LogP contribution in [0.1, 0.15) is 65.9 Å². The van der Waals surface area contributed by atoms with E-state index < -0.39 is 5.60 Å². The number of morpholine rings is 1. The Hall–Kier alpha value is -1.95. The molecule has 0 aromatic heterocycles. The number of amides is 1. The lowest BCUT2D eigenvalue weighted by Gasteiger charge is -2.37. The van der Waals surface area contributed by atoms with Crippen molar-refractivity contribution < 1.29 is 14.3 Å². The number of alkyl carbamates (subject to hydrolysis) is 1. The highest BCUT2D eigenvalue weighted by Crippen LogP contribution is 2.28. The minimum absolute atomic E-state index is 0.227. The topological polar surface area (TPSA) is 62.8 Å². The Kier molecular flexibility index (Phi) is 7.73. The van der Waals surface area contributed by atoms with Crippen molar-refractivity contribution in [3.05, 3.63) is 23.8 Å². The van der Waals surface area contributed by atoms with Gasteiger partial charge in [-0.05, 0) is 96.9 Å². The fraction of sp³-hybridized carbons (Fsp3) is 0.720. The fourth-order valence-electron chi connectivity index (χ4n) is 4.67. The van der Waals surface area contributed by atoms with Gasteiger partial charge in [-0.3, -0.25) is 0 Å². The molecule has 6 nitrogen and oxygen atoms in total. The number of nitrogens with zero attached hydrogens (tertiary/aromatic N) is 1. The minimum Gasteiger partial charge on any atom is -0.444 e. The predicted molar refractivity (Wildman–Crippen MR) is 127 cm³/mol. The quantitative estimate of drug-likeness (QED) is 0.679. The zero-order valence-corrected chi connectivity index (χ0v) is 20.2. The smallest absolute Gasteiger partial charge is 0.407 e. The molecule has 2 unspecified atom stereocenters. The van der Waals surface area contributed by atoms with E-state index in [-0.39, 0.29) is 24.3 Å². The number of carbonyl (C=O) groups excluding carboxylic acids is 1. The van der Waals surface area contributed by atoms with Gasteiger partial charge in [0.15, 0.2) is 0 Å². The number of hydrogen-bond acceptors (Lipinski definition) is 5. The standard InChI is InChI=1S/C25H41N3O3/c1-17-13-22(28-15-18(2)30-19(3)16-28)11-12-23(17)26-14-20-7-9-21(10-8-20)27-24(29)31-25(4,5)6/h11-13,18-21,26H,7-10,14-16H2,1-6H3,(H,27,29). The van der Waals surface area contributed by atoms with Crippen LogP contribution in [0.15, 0.2) is 18.2 Å². The summed E-state index contributed by atoms with van der Waals surface area (Å²) in [5.41, 5.74) is 3.33. The molecule has 31 heavy (non-hydrogen) atoms. The van der Waals surface area contributed by atoms with Gasteiger partial charge in [-0.25, -0.2) is 4.79 Å². The predicted octanol–water partition coefficient (Wildman–Crippen LogP) is 5.10. The molecule has 1 aliphatic heterocycles.